The number of nitrogens with zero attached hydrogens (tertiary/aromatic N) is 3. The molecule has 1 unspecified atom stereocenters. The summed E-state index contributed by atoms with van der Waals surface area (Å²) in [6.45, 7) is 12.6. The summed E-state index contributed by atoms with van der Waals surface area (Å²) < 4.78 is 1.85. The lowest BCUT2D eigenvalue weighted by Gasteiger charge is -2.29. The van der Waals surface area contributed by atoms with Gasteiger partial charge in [-0.1, -0.05) is 5.21 Å². The summed E-state index contributed by atoms with van der Waals surface area (Å²) in [5.74, 6) is 0. The van der Waals surface area contributed by atoms with Crippen molar-refractivity contribution in [3.8, 4) is 0 Å². The summed E-state index contributed by atoms with van der Waals surface area (Å²) in [5.41, 5.74) is 0.505. The molecule has 0 aliphatic heterocycles. The maximum atomic E-state index is 9.59. The van der Waals surface area contributed by atoms with Crippen LogP contribution in [0.15, 0.2) is 6.20 Å². The van der Waals surface area contributed by atoms with Crippen LogP contribution in [0, 0.1) is 0 Å². The van der Waals surface area contributed by atoms with Crippen LogP contribution in [0.3, 0.4) is 0 Å². The van der Waals surface area contributed by atoms with Gasteiger partial charge in [0.25, 0.3) is 0 Å². The van der Waals surface area contributed by atoms with E-state index >= 15 is 0 Å². The summed E-state index contributed by atoms with van der Waals surface area (Å²) in [5, 5.41) is 21.1. The second kappa shape index (κ2) is 4.74. The molecule has 0 amide bonds. The van der Waals surface area contributed by atoms with Gasteiger partial charge in [-0.15, -0.1) is 5.10 Å². The Labute approximate surface area is 103 Å². The van der Waals surface area contributed by atoms with Crippen LogP contribution in [0.4, 0.5) is 0 Å². The van der Waals surface area contributed by atoms with Crippen LogP contribution in [0.25, 0.3) is 0 Å². The maximum absolute atomic E-state index is 9.59. The van der Waals surface area contributed by atoms with Crippen molar-refractivity contribution in [3.05, 3.63) is 11.9 Å². The molecule has 0 aliphatic rings. The van der Waals surface area contributed by atoms with E-state index in [-0.39, 0.29) is 11.1 Å². The normalized spacial score (nSPS) is 15.0. The van der Waals surface area contributed by atoms with Gasteiger partial charge in [0.2, 0.25) is 0 Å². The average Bonchev–Trinajstić information content (AvgIpc) is 2.62. The van der Waals surface area contributed by atoms with E-state index in [0.29, 0.717) is 6.54 Å². The summed E-state index contributed by atoms with van der Waals surface area (Å²) in [6.07, 6.45) is 1.52. The number of aromatic nitrogens is 3. The van der Waals surface area contributed by atoms with Crippen molar-refractivity contribution < 1.29 is 5.11 Å². The Hall–Kier alpha value is -0.940. The first kappa shape index (κ1) is 14.1. The molecule has 0 fully saturated rings. The first-order valence-electron chi connectivity index (χ1n) is 5.98. The van der Waals surface area contributed by atoms with E-state index in [2.05, 4.69) is 36.4 Å². The lowest BCUT2D eigenvalue weighted by molar-refractivity contribution is 0.0954. The van der Waals surface area contributed by atoms with Crippen LogP contribution < -0.4 is 5.32 Å². The third kappa shape index (κ3) is 3.78. The highest BCUT2D eigenvalue weighted by Gasteiger charge is 2.23. The number of aliphatic hydroxyl groups excluding tert-OH is 1. The molecule has 0 bridgehead atoms. The van der Waals surface area contributed by atoms with Crippen molar-refractivity contribution in [2.24, 2.45) is 0 Å². The molecule has 5 heteroatoms. The molecular formula is C12H24N4O. The van der Waals surface area contributed by atoms with E-state index < -0.39 is 6.10 Å². The molecule has 5 nitrogen and oxygen atoms in total. The predicted octanol–water partition coefficient (Wildman–Crippen LogP) is 1.28. The van der Waals surface area contributed by atoms with Gasteiger partial charge in [-0.2, -0.15) is 0 Å². The van der Waals surface area contributed by atoms with Gasteiger partial charge in [0.05, 0.1) is 23.5 Å². The molecule has 1 aromatic heterocycles. The molecule has 0 aliphatic carbocycles. The second-order valence-corrected chi connectivity index (χ2v) is 6.08. The smallest absolute Gasteiger partial charge is 0.0965 e. The Bertz CT molecular complexity index is 363. The predicted molar refractivity (Wildman–Crippen MR) is 67.6 cm³/mol. The Morgan fingerprint density at radius 1 is 1.35 bits per heavy atom. The molecule has 0 spiro atoms. The minimum Gasteiger partial charge on any atom is -0.392 e. The number of hydrogen-bond donors (Lipinski definition) is 2. The summed E-state index contributed by atoms with van der Waals surface area (Å²) in [6, 6.07) is 0. The highest BCUT2D eigenvalue weighted by Crippen LogP contribution is 2.13. The lowest BCUT2D eigenvalue weighted by Crippen LogP contribution is -2.47. The van der Waals surface area contributed by atoms with Crippen LogP contribution in [0.5, 0.6) is 0 Å². The van der Waals surface area contributed by atoms with Crippen LogP contribution in [0.2, 0.25) is 0 Å². The molecule has 2 N–H and O–H groups in total. The van der Waals surface area contributed by atoms with Crippen LogP contribution in [-0.2, 0) is 12.1 Å². The number of rotatable bonds is 4. The molecule has 98 valence electrons. The third-order valence-electron chi connectivity index (χ3n) is 3.00. The van der Waals surface area contributed by atoms with E-state index in [9.17, 15) is 5.11 Å². The molecule has 1 aromatic rings. The minimum atomic E-state index is -0.417. The first-order valence-corrected chi connectivity index (χ1v) is 5.98. The van der Waals surface area contributed by atoms with Gasteiger partial charge in [-0.25, -0.2) is 4.68 Å². The topological polar surface area (TPSA) is 63.0 Å². The van der Waals surface area contributed by atoms with Gasteiger partial charge >= 0.3 is 0 Å². The van der Waals surface area contributed by atoms with Gasteiger partial charge in [0.15, 0.2) is 0 Å². The highest BCUT2D eigenvalue weighted by atomic mass is 16.3. The van der Waals surface area contributed by atoms with Gasteiger partial charge in [-0.3, -0.25) is 0 Å². The van der Waals surface area contributed by atoms with E-state index in [1.54, 1.807) is 6.92 Å². The van der Waals surface area contributed by atoms with Gasteiger partial charge in [-0.05, 0) is 41.5 Å². The molecular weight excluding hydrogens is 216 g/mol. The van der Waals surface area contributed by atoms with E-state index in [4.69, 9.17) is 0 Å². The van der Waals surface area contributed by atoms with Gasteiger partial charge in [0, 0.05) is 12.1 Å². The Morgan fingerprint density at radius 2 is 1.94 bits per heavy atom. The van der Waals surface area contributed by atoms with Crippen LogP contribution in [0.1, 0.15) is 47.2 Å². The third-order valence-corrected chi connectivity index (χ3v) is 3.00. The minimum absolute atomic E-state index is 0.0506. The van der Waals surface area contributed by atoms with Crippen molar-refractivity contribution in [3.63, 3.8) is 0 Å². The van der Waals surface area contributed by atoms with Gasteiger partial charge < -0.3 is 10.4 Å². The lowest BCUT2D eigenvalue weighted by atomic mass is 9.99. The average molecular weight is 240 g/mol. The number of hydrogen-bond acceptors (Lipinski definition) is 4. The van der Waals surface area contributed by atoms with E-state index in [1.165, 1.54) is 0 Å². The Kier molecular flexibility index (Phi) is 3.94. The molecule has 17 heavy (non-hydrogen) atoms. The van der Waals surface area contributed by atoms with Crippen molar-refractivity contribution >= 4 is 0 Å². The summed E-state index contributed by atoms with van der Waals surface area (Å²) in [4.78, 5) is 0. The maximum Gasteiger partial charge on any atom is 0.0965 e. The number of aliphatic hydroxyl groups is 1. The van der Waals surface area contributed by atoms with Crippen molar-refractivity contribution in [1.82, 2.24) is 20.3 Å². The monoisotopic (exact) mass is 240 g/mol. The fourth-order valence-corrected chi connectivity index (χ4v) is 1.17. The molecule has 0 radical (unpaired) electrons. The first-order chi connectivity index (χ1) is 7.63. The highest BCUT2D eigenvalue weighted by molar-refractivity contribution is 4.96. The molecule has 1 heterocycles. The number of nitrogens with one attached hydrogen (secondary N) is 1. The largest absolute Gasteiger partial charge is 0.392 e. The fraction of sp³-hybridized carbons (Fsp3) is 0.833. The summed E-state index contributed by atoms with van der Waals surface area (Å²) >= 11 is 0. The molecule has 1 atom stereocenters. The zero-order chi connectivity index (χ0) is 13.3. The van der Waals surface area contributed by atoms with Crippen molar-refractivity contribution in [2.45, 2.75) is 65.3 Å². The molecule has 1 rings (SSSR count). The van der Waals surface area contributed by atoms with Crippen molar-refractivity contribution in [2.75, 3.05) is 0 Å². The van der Waals surface area contributed by atoms with Crippen LogP contribution in [-0.4, -0.2) is 31.7 Å². The molecule has 0 saturated carbocycles. The summed E-state index contributed by atoms with van der Waals surface area (Å²) in [7, 11) is 0. The zero-order valence-electron chi connectivity index (χ0n) is 11.7. The fourth-order valence-electron chi connectivity index (χ4n) is 1.17. The van der Waals surface area contributed by atoms with E-state index in [0.717, 1.165) is 5.69 Å². The quantitative estimate of drug-likeness (QED) is 0.832. The Morgan fingerprint density at radius 3 is 2.35 bits per heavy atom. The van der Waals surface area contributed by atoms with E-state index in [1.807, 2.05) is 24.7 Å². The second-order valence-electron chi connectivity index (χ2n) is 6.08. The molecule has 0 saturated heterocycles. The van der Waals surface area contributed by atoms with Crippen molar-refractivity contribution in [1.29, 1.82) is 0 Å². The van der Waals surface area contributed by atoms with Crippen LogP contribution >= 0.6 is 0 Å². The van der Waals surface area contributed by atoms with Gasteiger partial charge in [0.1, 0.15) is 0 Å². The SMILES string of the molecule is CC(O)C(C)(C)NCc1cn(C(C)(C)C)nn1. The molecule has 0 aromatic carbocycles. The Balaban J connectivity index is 2.63. The zero-order valence-corrected chi connectivity index (χ0v) is 11.7. The standard InChI is InChI=1S/C12H24N4O/c1-9(17)12(5,6)13-7-10-8-16(15-14-10)11(2,3)4/h8-9,13,17H,7H2,1-6H3.